The van der Waals surface area contributed by atoms with Crippen molar-refractivity contribution >= 4 is 16.0 Å². The van der Waals surface area contributed by atoms with Gasteiger partial charge < -0.3 is 14.3 Å². The van der Waals surface area contributed by atoms with Crippen LogP contribution < -0.4 is 4.72 Å². The van der Waals surface area contributed by atoms with E-state index in [2.05, 4.69) is 4.72 Å². The van der Waals surface area contributed by atoms with Gasteiger partial charge in [-0.05, 0) is 18.8 Å². The van der Waals surface area contributed by atoms with E-state index in [1.807, 2.05) is 13.8 Å². The highest BCUT2D eigenvalue weighted by molar-refractivity contribution is 7.89. The molecule has 0 aliphatic heterocycles. The molecule has 0 amide bonds. The minimum atomic E-state index is -3.81. The van der Waals surface area contributed by atoms with Crippen molar-refractivity contribution in [1.29, 1.82) is 0 Å². The van der Waals surface area contributed by atoms with Crippen molar-refractivity contribution in [2.75, 3.05) is 20.3 Å². The Morgan fingerprint density at radius 3 is 2.57 bits per heavy atom. The van der Waals surface area contributed by atoms with E-state index in [9.17, 15) is 13.2 Å². The molecule has 0 atom stereocenters. The lowest BCUT2D eigenvalue weighted by Crippen LogP contribution is -2.34. The van der Waals surface area contributed by atoms with E-state index in [4.69, 9.17) is 14.3 Å². The summed E-state index contributed by atoms with van der Waals surface area (Å²) >= 11 is 0. The molecule has 0 saturated carbocycles. The van der Waals surface area contributed by atoms with Crippen molar-refractivity contribution in [2.24, 2.45) is 5.41 Å². The average molecular weight is 319 g/mol. The zero-order valence-corrected chi connectivity index (χ0v) is 13.4. The zero-order chi connectivity index (χ0) is 16.3. The zero-order valence-electron chi connectivity index (χ0n) is 12.6. The van der Waals surface area contributed by atoms with Crippen molar-refractivity contribution < 1.29 is 27.5 Å². The maximum Gasteiger partial charge on any atom is 0.371 e. The fraction of sp³-hybridized carbons (Fsp3) is 0.615. The molecule has 0 radical (unpaired) electrons. The summed E-state index contributed by atoms with van der Waals surface area (Å²) in [5.74, 6) is -1.65. The van der Waals surface area contributed by atoms with Gasteiger partial charge in [-0.3, -0.25) is 0 Å². The number of nitrogens with one attached hydrogen (secondary N) is 1. The van der Waals surface area contributed by atoms with Gasteiger partial charge in [0, 0.05) is 26.3 Å². The highest BCUT2D eigenvalue weighted by atomic mass is 32.2. The van der Waals surface area contributed by atoms with Gasteiger partial charge in [-0.1, -0.05) is 13.8 Å². The minimum Gasteiger partial charge on any atom is -0.475 e. The molecule has 1 aromatic rings. The van der Waals surface area contributed by atoms with Gasteiger partial charge in [-0.2, -0.15) is 0 Å². The fourth-order valence-corrected chi connectivity index (χ4v) is 3.09. The van der Waals surface area contributed by atoms with Crippen LogP contribution in [0.1, 0.15) is 36.6 Å². The number of carboxylic acid groups (broad SMARTS) is 1. The van der Waals surface area contributed by atoms with Gasteiger partial charge in [-0.25, -0.2) is 17.9 Å². The van der Waals surface area contributed by atoms with Crippen molar-refractivity contribution in [3.8, 4) is 0 Å². The van der Waals surface area contributed by atoms with Gasteiger partial charge in [0.25, 0.3) is 0 Å². The van der Waals surface area contributed by atoms with Crippen molar-refractivity contribution in [2.45, 2.75) is 32.1 Å². The van der Waals surface area contributed by atoms with Crippen molar-refractivity contribution in [3.05, 3.63) is 17.6 Å². The van der Waals surface area contributed by atoms with E-state index in [-0.39, 0.29) is 22.6 Å². The molecule has 1 rings (SSSR count). The molecule has 0 aromatic carbocycles. The molecule has 7 nitrogen and oxygen atoms in total. The van der Waals surface area contributed by atoms with Crippen molar-refractivity contribution in [3.63, 3.8) is 0 Å². The van der Waals surface area contributed by atoms with Crippen molar-refractivity contribution in [1.82, 2.24) is 4.72 Å². The lowest BCUT2D eigenvalue weighted by molar-refractivity contribution is 0.0661. The Kier molecular flexibility index (Phi) is 5.54. The number of hydrogen-bond acceptors (Lipinski definition) is 5. The van der Waals surface area contributed by atoms with Crippen LogP contribution in [0.25, 0.3) is 0 Å². The number of furan rings is 1. The number of aryl methyl sites for hydroxylation is 1. The molecule has 0 aliphatic carbocycles. The van der Waals surface area contributed by atoms with Gasteiger partial charge >= 0.3 is 5.97 Å². The summed E-state index contributed by atoms with van der Waals surface area (Å²) in [6.45, 7) is 5.99. The second-order valence-electron chi connectivity index (χ2n) is 5.57. The second-order valence-corrected chi connectivity index (χ2v) is 7.30. The molecule has 120 valence electrons. The quantitative estimate of drug-likeness (QED) is 0.754. The molecular formula is C13H21NO6S. The first kappa shape index (κ1) is 17.7. The molecule has 0 bridgehead atoms. The first-order valence-electron chi connectivity index (χ1n) is 6.41. The number of hydrogen-bond donors (Lipinski definition) is 2. The molecular weight excluding hydrogens is 298 g/mol. The summed E-state index contributed by atoms with van der Waals surface area (Å²) in [6, 6.07) is 1.02. The van der Waals surface area contributed by atoms with Gasteiger partial charge in [0.15, 0.2) is 0 Å². The van der Waals surface area contributed by atoms with Crippen LogP contribution in [-0.4, -0.2) is 39.8 Å². The lowest BCUT2D eigenvalue weighted by atomic mass is 9.90. The first-order chi connectivity index (χ1) is 9.59. The SMILES string of the molecule is COCCC(C)(C)CNS(=O)(=O)c1cc(C(=O)O)oc1C. The van der Waals surface area contributed by atoms with Crippen LogP contribution in [0, 0.1) is 12.3 Å². The number of sulfonamides is 1. The number of rotatable bonds is 8. The molecule has 0 spiro atoms. The summed E-state index contributed by atoms with van der Waals surface area (Å²) in [5, 5.41) is 8.82. The van der Waals surface area contributed by atoms with E-state index in [0.717, 1.165) is 6.07 Å². The molecule has 0 unspecified atom stereocenters. The Balaban J connectivity index is 2.85. The lowest BCUT2D eigenvalue weighted by Gasteiger charge is -2.24. The van der Waals surface area contributed by atoms with Crippen LogP contribution in [0.5, 0.6) is 0 Å². The Morgan fingerprint density at radius 2 is 2.10 bits per heavy atom. The maximum atomic E-state index is 12.2. The molecule has 1 heterocycles. The third-order valence-electron chi connectivity index (χ3n) is 3.10. The fourth-order valence-electron chi connectivity index (χ4n) is 1.67. The average Bonchev–Trinajstić information content (AvgIpc) is 2.78. The molecule has 0 fully saturated rings. The van der Waals surface area contributed by atoms with Gasteiger partial charge in [0.05, 0.1) is 0 Å². The van der Waals surface area contributed by atoms with E-state index < -0.39 is 21.8 Å². The van der Waals surface area contributed by atoms with Crippen LogP contribution >= 0.6 is 0 Å². The van der Waals surface area contributed by atoms with E-state index >= 15 is 0 Å². The van der Waals surface area contributed by atoms with Gasteiger partial charge in [-0.15, -0.1) is 0 Å². The number of methoxy groups -OCH3 is 1. The topological polar surface area (TPSA) is 106 Å². The van der Waals surface area contributed by atoms with E-state index in [1.165, 1.54) is 6.92 Å². The molecule has 8 heteroatoms. The van der Waals surface area contributed by atoms with Gasteiger partial charge in [0.2, 0.25) is 15.8 Å². The third kappa shape index (κ3) is 4.83. The first-order valence-corrected chi connectivity index (χ1v) is 7.90. The summed E-state index contributed by atoms with van der Waals surface area (Å²) < 4.78 is 36.8. The Morgan fingerprint density at radius 1 is 1.48 bits per heavy atom. The second kappa shape index (κ2) is 6.59. The van der Waals surface area contributed by atoms with Crippen LogP contribution in [0.3, 0.4) is 0 Å². The largest absolute Gasteiger partial charge is 0.475 e. The van der Waals surface area contributed by atoms with Crippen LogP contribution in [-0.2, 0) is 14.8 Å². The van der Waals surface area contributed by atoms with Gasteiger partial charge in [0.1, 0.15) is 10.7 Å². The standard InChI is InChI=1S/C13H21NO6S/c1-9-11(7-10(20-9)12(15)16)21(17,18)14-8-13(2,3)5-6-19-4/h7,14H,5-6,8H2,1-4H3,(H,15,16). The third-order valence-corrected chi connectivity index (χ3v) is 4.60. The summed E-state index contributed by atoms with van der Waals surface area (Å²) in [5.41, 5.74) is -0.281. The normalized spacial score (nSPS) is 12.6. The van der Waals surface area contributed by atoms with Crippen LogP contribution in [0.2, 0.25) is 0 Å². The Bertz CT molecular complexity index is 602. The smallest absolute Gasteiger partial charge is 0.371 e. The Hall–Kier alpha value is -1.38. The van der Waals surface area contributed by atoms with E-state index in [1.54, 1.807) is 7.11 Å². The van der Waals surface area contributed by atoms with Crippen LogP contribution in [0.15, 0.2) is 15.4 Å². The summed E-state index contributed by atoms with van der Waals surface area (Å²) in [6.07, 6.45) is 0.691. The molecule has 2 N–H and O–H groups in total. The van der Waals surface area contributed by atoms with Crippen LogP contribution in [0.4, 0.5) is 0 Å². The summed E-state index contributed by atoms with van der Waals surface area (Å²) in [4.78, 5) is 10.7. The minimum absolute atomic E-state index is 0.0506. The number of carboxylic acids is 1. The molecule has 0 saturated heterocycles. The number of aromatic carboxylic acids is 1. The molecule has 21 heavy (non-hydrogen) atoms. The Labute approximate surface area is 124 Å². The number of carbonyl (C=O) groups is 1. The highest BCUT2D eigenvalue weighted by Crippen LogP contribution is 2.23. The summed E-state index contributed by atoms with van der Waals surface area (Å²) in [7, 11) is -2.22. The monoisotopic (exact) mass is 319 g/mol. The predicted octanol–water partition coefficient (Wildman–Crippen LogP) is 1.63. The predicted molar refractivity (Wildman–Crippen MR) is 75.9 cm³/mol. The maximum absolute atomic E-state index is 12.2. The molecule has 1 aromatic heterocycles. The van der Waals surface area contributed by atoms with E-state index in [0.29, 0.717) is 13.0 Å². The molecule has 0 aliphatic rings. The highest BCUT2D eigenvalue weighted by Gasteiger charge is 2.26. The number of ether oxygens (including phenoxy) is 1.